The molecule has 0 amide bonds. The minimum Gasteiger partial charge on any atom is -0.544 e. The Balaban J connectivity index is 1.26. The van der Waals surface area contributed by atoms with Gasteiger partial charge in [-0.2, -0.15) is 8.75 Å². The zero-order valence-electron chi connectivity index (χ0n) is 24.0. The molecule has 3 aromatic carbocycles. The van der Waals surface area contributed by atoms with Gasteiger partial charge >= 0.3 is 0 Å². The van der Waals surface area contributed by atoms with E-state index < -0.39 is 16.6 Å². The standard InChI is InChI=1S/C32H32N2O2S3Si2/c1-40(2,3)35-23-11-7-21(8-12-23)27-17-19-29(37-27)25-15-16-26(32-31(25)33-39-34-32)30-20-18-28(38-30)22-9-13-24(14-10-22)36-41(4,5)6/h7-20H,1-6H3. The monoisotopic (exact) mass is 628 g/mol. The van der Waals surface area contributed by atoms with Crippen molar-refractivity contribution in [3.63, 3.8) is 0 Å². The van der Waals surface area contributed by atoms with Crippen LogP contribution in [-0.2, 0) is 0 Å². The van der Waals surface area contributed by atoms with Gasteiger partial charge in [0.1, 0.15) is 22.5 Å². The van der Waals surface area contributed by atoms with Crippen molar-refractivity contribution in [2.75, 3.05) is 0 Å². The summed E-state index contributed by atoms with van der Waals surface area (Å²) in [5.41, 5.74) is 6.56. The largest absolute Gasteiger partial charge is 0.544 e. The van der Waals surface area contributed by atoms with E-state index in [1.807, 2.05) is 0 Å². The number of hydrogen-bond acceptors (Lipinski definition) is 7. The second-order valence-corrected chi connectivity index (χ2v) is 23.5. The van der Waals surface area contributed by atoms with E-state index in [-0.39, 0.29) is 0 Å². The lowest BCUT2D eigenvalue weighted by Gasteiger charge is -2.19. The van der Waals surface area contributed by atoms with E-state index in [4.69, 9.17) is 17.6 Å². The maximum absolute atomic E-state index is 6.13. The molecule has 0 fully saturated rings. The van der Waals surface area contributed by atoms with Crippen LogP contribution in [0.5, 0.6) is 11.5 Å². The first-order valence-corrected chi connectivity index (χ1v) is 22.7. The molecule has 0 aliphatic carbocycles. The highest BCUT2D eigenvalue weighted by atomic mass is 32.1. The summed E-state index contributed by atoms with van der Waals surface area (Å²) in [6.45, 7) is 13.2. The highest BCUT2D eigenvalue weighted by molar-refractivity contribution is 7.19. The summed E-state index contributed by atoms with van der Waals surface area (Å²) in [6, 6.07) is 30.1. The van der Waals surface area contributed by atoms with Crippen molar-refractivity contribution >= 4 is 62.1 Å². The summed E-state index contributed by atoms with van der Waals surface area (Å²) >= 11 is 4.84. The fourth-order valence-electron chi connectivity index (χ4n) is 4.62. The minimum absolute atomic E-state index is 0.945. The van der Waals surface area contributed by atoms with Gasteiger partial charge in [-0.1, -0.05) is 12.1 Å². The third kappa shape index (κ3) is 6.39. The average Bonchev–Trinajstić information content (AvgIpc) is 3.68. The van der Waals surface area contributed by atoms with Crippen LogP contribution >= 0.6 is 34.4 Å². The second-order valence-electron chi connectivity index (χ2n) is 11.9. The van der Waals surface area contributed by atoms with Crippen LogP contribution in [-0.4, -0.2) is 25.4 Å². The Morgan fingerprint density at radius 3 is 1.20 bits per heavy atom. The zero-order chi connectivity index (χ0) is 28.8. The maximum atomic E-state index is 6.13. The predicted molar refractivity (Wildman–Crippen MR) is 183 cm³/mol. The van der Waals surface area contributed by atoms with Crippen LogP contribution in [0.15, 0.2) is 84.9 Å². The molecule has 3 heterocycles. The van der Waals surface area contributed by atoms with Crippen LogP contribution in [0.4, 0.5) is 0 Å². The molecule has 0 radical (unpaired) electrons. The highest BCUT2D eigenvalue weighted by Gasteiger charge is 2.19. The number of aromatic nitrogens is 2. The molecular weight excluding hydrogens is 597 g/mol. The molecule has 0 N–H and O–H groups in total. The van der Waals surface area contributed by atoms with Gasteiger partial charge < -0.3 is 8.85 Å². The molecule has 4 nitrogen and oxygen atoms in total. The van der Waals surface area contributed by atoms with Gasteiger partial charge in [0.15, 0.2) is 0 Å². The number of nitrogens with zero attached hydrogens (tertiary/aromatic N) is 2. The van der Waals surface area contributed by atoms with Crippen LogP contribution < -0.4 is 8.85 Å². The SMILES string of the molecule is C[Si](C)(C)Oc1ccc(-c2ccc(-c3ccc(-c4ccc(-c5ccc(O[Si](C)(C)C)cc5)s4)c4nsnc34)s2)cc1. The molecule has 208 valence electrons. The Labute approximate surface area is 255 Å². The van der Waals surface area contributed by atoms with Crippen molar-refractivity contribution < 1.29 is 8.85 Å². The van der Waals surface area contributed by atoms with Crippen LogP contribution in [0.25, 0.3) is 52.8 Å². The summed E-state index contributed by atoms with van der Waals surface area (Å²) in [5, 5.41) is 0. The average molecular weight is 629 g/mol. The summed E-state index contributed by atoms with van der Waals surface area (Å²) in [4.78, 5) is 4.84. The molecule has 0 bridgehead atoms. The van der Waals surface area contributed by atoms with Gasteiger partial charge in [0, 0.05) is 30.6 Å². The van der Waals surface area contributed by atoms with E-state index in [2.05, 4.69) is 124 Å². The second kappa shape index (κ2) is 11.0. The minimum atomic E-state index is -1.62. The van der Waals surface area contributed by atoms with Gasteiger partial charge in [0.2, 0.25) is 16.6 Å². The topological polar surface area (TPSA) is 44.2 Å². The number of thiophene rings is 2. The Hall–Kier alpha value is -3.09. The summed E-state index contributed by atoms with van der Waals surface area (Å²) in [7, 11) is -3.24. The van der Waals surface area contributed by atoms with Crippen LogP contribution in [0.3, 0.4) is 0 Å². The fraction of sp³-hybridized carbons (Fsp3) is 0.188. The van der Waals surface area contributed by atoms with Crippen molar-refractivity contribution in [3.8, 4) is 53.3 Å². The molecule has 0 unspecified atom stereocenters. The Kier molecular flexibility index (Phi) is 7.50. The Morgan fingerprint density at radius 1 is 0.463 bits per heavy atom. The molecule has 6 rings (SSSR count). The van der Waals surface area contributed by atoms with Crippen LogP contribution in [0.1, 0.15) is 0 Å². The molecule has 0 aliphatic rings. The van der Waals surface area contributed by atoms with Crippen molar-refractivity contribution in [2.24, 2.45) is 0 Å². The normalized spacial score (nSPS) is 12.1. The van der Waals surface area contributed by atoms with Gasteiger partial charge in [-0.15, -0.1) is 22.7 Å². The van der Waals surface area contributed by atoms with E-state index in [9.17, 15) is 0 Å². The zero-order valence-corrected chi connectivity index (χ0v) is 28.5. The lowest BCUT2D eigenvalue weighted by Crippen LogP contribution is -2.29. The van der Waals surface area contributed by atoms with Crippen LogP contribution in [0.2, 0.25) is 39.3 Å². The fourth-order valence-corrected chi connectivity index (χ4v) is 8.96. The van der Waals surface area contributed by atoms with Crippen LogP contribution in [0, 0.1) is 0 Å². The van der Waals surface area contributed by atoms with Crippen molar-refractivity contribution in [1.82, 2.24) is 8.75 Å². The van der Waals surface area contributed by atoms with Crippen molar-refractivity contribution in [3.05, 3.63) is 84.9 Å². The third-order valence-corrected chi connectivity index (χ3v) is 10.8. The molecule has 0 spiro atoms. The third-order valence-electron chi connectivity index (χ3n) is 6.28. The van der Waals surface area contributed by atoms with Gasteiger partial charge in [-0.3, -0.25) is 0 Å². The lowest BCUT2D eigenvalue weighted by molar-refractivity contribution is 0.557. The number of hydrogen-bond donors (Lipinski definition) is 0. The van der Waals surface area contributed by atoms with Crippen molar-refractivity contribution in [1.29, 1.82) is 0 Å². The van der Waals surface area contributed by atoms with Gasteiger partial charge in [0.05, 0.1) is 11.7 Å². The first-order valence-electron chi connectivity index (χ1n) is 13.6. The van der Waals surface area contributed by atoms with E-state index in [0.717, 1.165) is 33.7 Å². The number of fused-ring (bicyclic) bond motifs is 1. The Bertz CT molecular complexity index is 1680. The molecule has 6 aromatic rings. The molecule has 41 heavy (non-hydrogen) atoms. The number of benzene rings is 3. The molecule has 0 saturated carbocycles. The molecule has 9 heteroatoms. The van der Waals surface area contributed by atoms with E-state index in [0.29, 0.717) is 0 Å². The maximum Gasteiger partial charge on any atom is 0.242 e. The quantitative estimate of drug-likeness (QED) is 0.157. The van der Waals surface area contributed by atoms with E-state index in [1.54, 1.807) is 22.7 Å². The Morgan fingerprint density at radius 2 is 0.829 bits per heavy atom. The van der Waals surface area contributed by atoms with Gasteiger partial charge in [-0.25, -0.2) is 0 Å². The molecule has 0 saturated heterocycles. The molecule has 3 aromatic heterocycles. The van der Waals surface area contributed by atoms with Gasteiger partial charge in [0.25, 0.3) is 0 Å². The van der Waals surface area contributed by atoms with E-state index >= 15 is 0 Å². The summed E-state index contributed by atoms with van der Waals surface area (Å²) < 4.78 is 21.7. The molecular formula is C32H32N2O2S3Si2. The predicted octanol–water partition coefficient (Wildman–Crippen LogP) is 10.9. The van der Waals surface area contributed by atoms with E-state index in [1.165, 1.54) is 42.4 Å². The summed E-state index contributed by atoms with van der Waals surface area (Å²) in [5.74, 6) is 1.89. The lowest BCUT2D eigenvalue weighted by atomic mass is 10.1. The number of rotatable bonds is 8. The molecule has 0 atom stereocenters. The van der Waals surface area contributed by atoms with Gasteiger partial charge in [-0.05, 0) is 123 Å². The summed E-state index contributed by atoms with van der Waals surface area (Å²) in [6.07, 6.45) is 0. The smallest absolute Gasteiger partial charge is 0.242 e. The van der Waals surface area contributed by atoms with Crippen molar-refractivity contribution in [2.45, 2.75) is 39.3 Å². The first-order chi connectivity index (χ1) is 19.5. The first kappa shape index (κ1) is 28.1. The molecule has 0 aliphatic heterocycles. The highest BCUT2D eigenvalue weighted by Crippen LogP contribution is 2.42.